The molecule has 0 bridgehead atoms. The number of aromatic nitrogens is 1. The molecular weight excluding hydrogens is 443 g/mol. The number of nitrogens with zero attached hydrogens (tertiary/aromatic N) is 2. The number of aromatic amines is 1. The van der Waals surface area contributed by atoms with Gasteiger partial charge in [0.1, 0.15) is 6.61 Å². The molecule has 166 valence electrons. The summed E-state index contributed by atoms with van der Waals surface area (Å²) in [6, 6.07) is 1.69. The van der Waals surface area contributed by atoms with Crippen LogP contribution < -0.4 is 16.8 Å². The molecule has 3 rings (SSSR count). The quantitative estimate of drug-likeness (QED) is 0.302. The third-order valence-electron chi connectivity index (χ3n) is 5.05. The molecule has 1 aromatic carbocycles. The first-order valence-corrected chi connectivity index (χ1v) is 10.5. The van der Waals surface area contributed by atoms with Gasteiger partial charge in [-0.05, 0) is 12.1 Å². The van der Waals surface area contributed by atoms with Crippen LogP contribution in [0.15, 0.2) is 17.1 Å². The number of hydrogen-bond acceptors (Lipinski definition) is 6. The molecule has 2 heterocycles. The Morgan fingerprint density at radius 2 is 2.16 bits per heavy atom. The average Bonchev–Trinajstić information content (AvgIpc) is 3.16. The lowest BCUT2D eigenvalue weighted by atomic mass is 9.99. The Labute approximate surface area is 189 Å². The minimum atomic E-state index is -0.540. The molecule has 0 saturated heterocycles. The van der Waals surface area contributed by atoms with Crippen molar-refractivity contribution in [1.29, 1.82) is 0 Å². The van der Waals surface area contributed by atoms with Gasteiger partial charge in [-0.25, -0.2) is 0 Å². The van der Waals surface area contributed by atoms with Crippen LogP contribution in [0, 0.1) is 0 Å². The van der Waals surface area contributed by atoms with Crippen LogP contribution in [0.3, 0.4) is 0 Å². The molecule has 2 amide bonds. The molecule has 0 saturated carbocycles. The van der Waals surface area contributed by atoms with Crippen molar-refractivity contribution in [3.05, 3.63) is 39.0 Å². The van der Waals surface area contributed by atoms with Crippen molar-refractivity contribution in [1.82, 2.24) is 15.2 Å². The summed E-state index contributed by atoms with van der Waals surface area (Å²) in [4.78, 5) is 32.2. The van der Waals surface area contributed by atoms with Gasteiger partial charge in [0.2, 0.25) is 11.8 Å². The molecule has 2 aromatic rings. The van der Waals surface area contributed by atoms with Crippen molar-refractivity contribution in [2.45, 2.75) is 13.0 Å². The summed E-state index contributed by atoms with van der Waals surface area (Å²) in [5.41, 5.74) is 15.2. The van der Waals surface area contributed by atoms with Gasteiger partial charge in [-0.15, -0.1) is 0 Å². The lowest BCUT2D eigenvalue weighted by Gasteiger charge is -2.27. The number of benzene rings is 1. The number of amides is 2. The summed E-state index contributed by atoms with van der Waals surface area (Å²) in [5, 5.41) is 13.4. The number of aliphatic imine (C=N–C) groups is 1. The van der Waals surface area contributed by atoms with Crippen LogP contribution in [0.25, 0.3) is 16.6 Å². The highest BCUT2D eigenvalue weighted by Crippen LogP contribution is 2.39. The highest BCUT2D eigenvalue weighted by Gasteiger charge is 2.26. The summed E-state index contributed by atoms with van der Waals surface area (Å²) >= 11 is 12.8. The number of nitrogens with two attached hydrogens (primary N) is 2. The van der Waals surface area contributed by atoms with E-state index in [0.29, 0.717) is 59.4 Å². The molecule has 1 aliphatic rings. The van der Waals surface area contributed by atoms with Gasteiger partial charge in [0.15, 0.2) is 0 Å². The van der Waals surface area contributed by atoms with Crippen LogP contribution in [0.2, 0.25) is 10.0 Å². The fourth-order valence-corrected chi connectivity index (χ4v) is 3.91. The van der Waals surface area contributed by atoms with Crippen molar-refractivity contribution in [3.8, 4) is 0 Å². The molecule has 1 aliphatic heterocycles. The Hall–Kier alpha value is -2.59. The van der Waals surface area contributed by atoms with Gasteiger partial charge in [0, 0.05) is 60.2 Å². The van der Waals surface area contributed by atoms with E-state index in [1.807, 2.05) is 0 Å². The maximum absolute atomic E-state index is 12.0. The van der Waals surface area contributed by atoms with Gasteiger partial charge < -0.3 is 31.8 Å². The molecule has 7 N–H and O–H groups in total. The molecule has 0 aliphatic carbocycles. The first-order valence-electron chi connectivity index (χ1n) is 9.70. The summed E-state index contributed by atoms with van der Waals surface area (Å²) < 4.78 is 0. The van der Waals surface area contributed by atoms with E-state index in [0.717, 1.165) is 16.6 Å². The zero-order valence-corrected chi connectivity index (χ0v) is 18.3. The Balaban J connectivity index is 1.91. The number of allylic oxidation sites excluding steroid dienone is 1. The number of carbonyl (C=O) groups excluding carboxylic acids is 2. The Kier molecular flexibility index (Phi) is 7.55. The number of H-pyrrole nitrogens is 1. The van der Waals surface area contributed by atoms with Crippen LogP contribution in [0.1, 0.15) is 16.8 Å². The van der Waals surface area contributed by atoms with E-state index in [1.54, 1.807) is 23.3 Å². The van der Waals surface area contributed by atoms with Crippen LogP contribution in [-0.2, 0) is 22.6 Å². The van der Waals surface area contributed by atoms with E-state index in [9.17, 15) is 14.7 Å². The molecule has 11 heteroatoms. The zero-order valence-electron chi connectivity index (χ0n) is 16.8. The molecule has 0 spiro atoms. The smallest absolute Gasteiger partial charge is 0.248 e. The SMILES string of the molecule is NCC(=O)NCCN=CC=C(N)c1cc(Cl)c(Cl)c2[nH]c3c(c12)CN(C(=O)CO)CC3. The van der Waals surface area contributed by atoms with E-state index < -0.39 is 6.61 Å². The molecule has 0 atom stereocenters. The number of hydrogen-bond donors (Lipinski definition) is 5. The average molecular weight is 467 g/mol. The Morgan fingerprint density at radius 1 is 1.39 bits per heavy atom. The van der Waals surface area contributed by atoms with Crippen molar-refractivity contribution in [2.24, 2.45) is 16.5 Å². The Bertz CT molecular complexity index is 1060. The summed E-state index contributed by atoms with van der Waals surface area (Å²) in [5.74, 6) is -0.576. The third kappa shape index (κ3) is 5.01. The van der Waals surface area contributed by atoms with Gasteiger partial charge in [-0.2, -0.15) is 0 Å². The number of halogens is 2. The molecule has 0 unspecified atom stereocenters. The maximum atomic E-state index is 12.0. The lowest BCUT2D eigenvalue weighted by molar-refractivity contribution is -0.135. The van der Waals surface area contributed by atoms with E-state index in [-0.39, 0.29) is 18.4 Å². The Morgan fingerprint density at radius 3 is 2.87 bits per heavy atom. The molecule has 31 heavy (non-hydrogen) atoms. The summed E-state index contributed by atoms with van der Waals surface area (Å²) in [7, 11) is 0. The third-order valence-corrected chi connectivity index (χ3v) is 5.84. The van der Waals surface area contributed by atoms with Crippen LogP contribution in [-0.4, -0.2) is 65.8 Å². The zero-order chi connectivity index (χ0) is 22.5. The van der Waals surface area contributed by atoms with E-state index >= 15 is 0 Å². The normalized spacial score (nSPS) is 14.3. The second kappa shape index (κ2) is 10.1. The van der Waals surface area contributed by atoms with Gasteiger partial charge in [0.05, 0.1) is 28.7 Å². The number of rotatable bonds is 7. The van der Waals surface area contributed by atoms with Crippen LogP contribution in [0.4, 0.5) is 0 Å². The minimum Gasteiger partial charge on any atom is -0.398 e. The second-order valence-corrected chi connectivity index (χ2v) is 7.79. The standard InChI is InChI=1S/C20H24Cl2N6O3/c21-13-7-11(14(24)1-3-25-4-5-26-16(30)8-23)18-12-9-28(17(31)10-29)6-2-15(12)27-20(18)19(13)22/h1,3,7,27,29H,2,4-6,8-10,23-24H2,(H,26,30). The fraction of sp³-hybridized carbons (Fsp3) is 0.350. The van der Waals surface area contributed by atoms with Gasteiger partial charge >= 0.3 is 0 Å². The van der Waals surface area contributed by atoms with E-state index in [1.165, 1.54) is 0 Å². The number of carbonyl (C=O) groups is 2. The molecular formula is C20H24Cl2N6O3. The predicted molar refractivity (Wildman–Crippen MR) is 122 cm³/mol. The van der Waals surface area contributed by atoms with Crippen molar-refractivity contribution >= 4 is 57.8 Å². The molecule has 0 radical (unpaired) electrons. The van der Waals surface area contributed by atoms with Crippen LogP contribution in [0.5, 0.6) is 0 Å². The molecule has 1 aromatic heterocycles. The monoisotopic (exact) mass is 466 g/mol. The van der Waals surface area contributed by atoms with Gasteiger partial charge in [0.25, 0.3) is 0 Å². The van der Waals surface area contributed by atoms with E-state index in [4.69, 9.17) is 34.7 Å². The van der Waals surface area contributed by atoms with Crippen molar-refractivity contribution in [3.63, 3.8) is 0 Å². The number of nitrogens with one attached hydrogen (secondary N) is 2. The second-order valence-electron chi connectivity index (χ2n) is 7.01. The van der Waals surface area contributed by atoms with Crippen LogP contribution >= 0.6 is 23.2 Å². The van der Waals surface area contributed by atoms with Gasteiger partial charge in [-0.3, -0.25) is 14.6 Å². The first kappa shape index (κ1) is 23.1. The molecule has 9 nitrogen and oxygen atoms in total. The number of aliphatic hydroxyl groups excluding tert-OH is 1. The maximum Gasteiger partial charge on any atom is 0.248 e. The lowest BCUT2D eigenvalue weighted by Crippen LogP contribution is -2.37. The first-order chi connectivity index (χ1) is 14.9. The van der Waals surface area contributed by atoms with E-state index in [2.05, 4.69) is 15.3 Å². The predicted octanol–water partition coefficient (Wildman–Crippen LogP) is 0.797. The number of fused-ring (bicyclic) bond motifs is 3. The highest BCUT2D eigenvalue weighted by atomic mass is 35.5. The highest BCUT2D eigenvalue weighted by molar-refractivity contribution is 6.45. The van der Waals surface area contributed by atoms with Crippen molar-refractivity contribution in [2.75, 3.05) is 32.8 Å². The molecule has 0 fully saturated rings. The summed E-state index contributed by atoms with van der Waals surface area (Å²) in [6.07, 6.45) is 3.80. The topological polar surface area (TPSA) is 150 Å². The van der Waals surface area contributed by atoms with Crippen molar-refractivity contribution < 1.29 is 14.7 Å². The number of aliphatic hydroxyl groups is 1. The fourth-order valence-electron chi connectivity index (χ4n) is 3.51. The van der Waals surface area contributed by atoms with Gasteiger partial charge in [-0.1, -0.05) is 23.2 Å². The minimum absolute atomic E-state index is 0.0633. The summed E-state index contributed by atoms with van der Waals surface area (Å²) in [6.45, 7) is 0.982. The largest absolute Gasteiger partial charge is 0.398 e.